The molecule has 0 aromatic heterocycles. The third-order valence-corrected chi connectivity index (χ3v) is 3.71. The van der Waals surface area contributed by atoms with Crippen LogP contribution in [0, 0.1) is 0 Å². The summed E-state index contributed by atoms with van der Waals surface area (Å²) in [4.78, 5) is 38.6. The lowest BCUT2D eigenvalue weighted by molar-refractivity contribution is -0.149. The van der Waals surface area contributed by atoms with Crippen LogP contribution in [-0.2, 0) is 9.59 Å². The van der Waals surface area contributed by atoms with E-state index in [1.165, 1.54) is 9.80 Å². The second-order valence-electron chi connectivity index (χ2n) is 4.59. The topological polar surface area (TPSA) is 57.7 Å². The molecule has 2 amide bonds. The highest BCUT2D eigenvalue weighted by Gasteiger charge is 2.30. The summed E-state index contributed by atoms with van der Waals surface area (Å²) in [6.07, 6.45) is 0. The van der Waals surface area contributed by atoms with Gasteiger partial charge in [0.25, 0.3) is 0 Å². The molecule has 1 aliphatic rings. The number of hydrogen-bond acceptors (Lipinski definition) is 3. The number of nitrogens with zero attached hydrogens (tertiary/aromatic N) is 2. The molecule has 0 radical (unpaired) electrons. The van der Waals surface area contributed by atoms with Crippen LogP contribution >= 0.6 is 15.9 Å². The highest BCUT2D eigenvalue weighted by molar-refractivity contribution is 9.10. The third-order valence-electron chi connectivity index (χ3n) is 3.22. The maximum Gasteiger partial charge on any atom is 0.243 e. The fourth-order valence-corrected chi connectivity index (χ4v) is 2.46. The van der Waals surface area contributed by atoms with E-state index in [1.54, 1.807) is 18.2 Å². The van der Waals surface area contributed by atoms with Gasteiger partial charge in [0, 0.05) is 16.6 Å². The highest BCUT2D eigenvalue weighted by Crippen LogP contribution is 2.13. The Morgan fingerprint density at radius 1 is 1.20 bits per heavy atom. The van der Waals surface area contributed by atoms with Crippen LogP contribution in [0.3, 0.4) is 0 Å². The van der Waals surface area contributed by atoms with E-state index in [9.17, 15) is 14.4 Å². The second kappa shape index (κ2) is 6.17. The first-order chi connectivity index (χ1) is 9.51. The first kappa shape index (κ1) is 14.7. The van der Waals surface area contributed by atoms with E-state index < -0.39 is 0 Å². The molecule has 1 aromatic rings. The number of ketones is 1. The zero-order valence-electron chi connectivity index (χ0n) is 11.1. The Kier molecular flexibility index (Phi) is 4.54. The molecular weight excluding hydrogens is 324 g/mol. The van der Waals surface area contributed by atoms with Crippen LogP contribution in [0.15, 0.2) is 28.7 Å². The van der Waals surface area contributed by atoms with E-state index in [0.29, 0.717) is 12.1 Å². The van der Waals surface area contributed by atoms with Crippen LogP contribution in [0.25, 0.3) is 0 Å². The number of carbonyl (C=O) groups is 3. The molecule has 1 fully saturated rings. The molecular formula is C14H15BrN2O3. The molecule has 0 bridgehead atoms. The van der Waals surface area contributed by atoms with Gasteiger partial charge in [0.2, 0.25) is 11.8 Å². The van der Waals surface area contributed by atoms with Crippen LogP contribution in [0.4, 0.5) is 0 Å². The van der Waals surface area contributed by atoms with Gasteiger partial charge in [-0.25, -0.2) is 0 Å². The Hall–Kier alpha value is -1.69. The minimum Gasteiger partial charge on any atom is -0.332 e. The predicted molar refractivity (Wildman–Crippen MR) is 77.3 cm³/mol. The van der Waals surface area contributed by atoms with Crippen LogP contribution in [0.2, 0.25) is 0 Å². The van der Waals surface area contributed by atoms with E-state index in [-0.39, 0.29) is 37.2 Å². The number of halogens is 1. The molecule has 0 spiro atoms. The van der Waals surface area contributed by atoms with Gasteiger partial charge in [-0.3, -0.25) is 14.4 Å². The first-order valence-corrected chi connectivity index (χ1v) is 7.15. The highest BCUT2D eigenvalue weighted by atomic mass is 79.9. The summed E-state index contributed by atoms with van der Waals surface area (Å²) < 4.78 is 0.807. The zero-order chi connectivity index (χ0) is 14.7. The largest absolute Gasteiger partial charge is 0.332 e. The van der Waals surface area contributed by atoms with E-state index >= 15 is 0 Å². The van der Waals surface area contributed by atoms with Crippen molar-refractivity contribution in [2.45, 2.75) is 6.92 Å². The number of Topliss-reactive ketones (excluding diaryl/α,β-unsaturated/α-hetero) is 1. The summed E-state index contributed by atoms with van der Waals surface area (Å²) in [5.74, 6) is -0.471. The first-order valence-electron chi connectivity index (χ1n) is 6.35. The van der Waals surface area contributed by atoms with E-state index in [1.807, 2.05) is 13.0 Å². The van der Waals surface area contributed by atoms with Gasteiger partial charge in [-0.15, -0.1) is 0 Å². The molecule has 0 saturated carbocycles. The van der Waals surface area contributed by atoms with Crippen molar-refractivity contribution in [2.75, 3.05) is 26.2 Å². The van der Waals surface area contributed by atoms with Gasteiger partial charge < -0.3 is 9.80 Å². The van der Waals surface area contributed by atoms with Crippen molar-refractivity contribution in [2.24, 2.45) is 0 Å². The number of rotatable bonds is 4. The van der Waals surface area contributed by atoms with Crippen LogP contribution < -0.4 is 0 Å². The molecule has 106 valence electrons. The maximum absolute atomic E-state index is 12.1. The maximum atomic E-state index is 12.1. The standard InChI is InChI=1S/C14H15BrN2O3/c1-2-16-8-14(20)17(9-13(16)19)7-12(18)10-4-3-5-11(15)6-10/h3-6H,2,7-9H2,1H3. The van der Waals surface area contributed by atoms with E-state index in [4.69, 9.17) is 0 Å². The average Bonchev–Trinajstić information content (AvgIpc) is 2.42. The molecule has 2 rings (SSSR count). The summed E-state index contributed by atoms with van der Waals surface area (Å²) >= 11 is 3.30. The Morgan fingerprint density at radius 2 is 1.85 bits per heavy atom. The van der Waals surface area contributed by atoms with Crippen LogP contribution in [0.1, 0.15) is 17.3 Å². The van der Waals surface area contributed by atoms with Crippen molar-refractivity contribution in [1.29, 1.82) is 0 Å². The van der Waals surface area contributed by atoms with Crippen molar-refractivity contribution >= 4 is 33.5 Å². The minimum atomic E-state index is -0.185. The molecule has 5 nitrogen and oxygen atoms in total. The number of carbonyl (C=O) groups excluding carboxylic acids is 3. The Morgan fingerprint density at radius 3 is 2.50 bits per heavy atom. The van der Waals surface area contributed by atoms with Crippen LogP contribution in [0.5, 0.6) is 0 Å². The molecule has 1 aliphatic heterocycles. The lowest BCUT2D eigenvalue weighted by Gasteiger charge is -2.32. The number of hydrogen-bond donors (Lipinski definition) is 0. The second-order valence-corrected chi connectivity index (χ2v) is 5.51. The lowest BCUT2D eigenvalue weighted by Crippen LogP contribution is -2.54. The number of amides is 2. The Labute approximate surface area is 125 Å². The SMILES string of the molecule is CCN1CC(=O)N(CC(=O)c2cccc(Br)c2)CC1=O. The third kappa shape index (κ3) is 3.25. The van der Waals surface area contributed by atoms with Crippen molar-refractivity contribution in [3.05, 3.63) is 34.3 Å². The van der Waals surface area contributed by atoms with Gasteiger partial charge in [0.1, 0.15) is 6.54 Å². The Bertz CT molecular complexity index is 559. The fourth-order valence-electron chi connectivity index (χ4n) is 2.06. The van der Waals surface area contributed by atoms with E-state index in [2.05, 4.69) is 15.9 Å². The van der Waals surface area contributed by atoms with E-state index in [0.717, 1.165) is 4.47 Å². The van der Waals surface area contributed by atoms with Gasteiger partial charge in [0.15, 0.2) is 5.78 Å². The van der Waals surface area contributed by atoms with Crippen molar-refractivity contribution < 1.29 is 14.4 Å². The summed E-state index contributed by atoms with van der Waals surface area (Å²) in [7, 11) is 0. The van der Waals surface area contributed by atoms with Crippen molar-refractivity contribution in [3.63, 3.8) is 0 Å². The number of likely N-dealkylation sites (N-methyl/N-ethyl adjacent to an activating group) is 1. The average molecular weight is 339 g/mol. The molecule has 0 atom stereocenters. The molecule has 20 heavy (non-hydrogen) atoms. The fraction of sp³-hybridized carbons (Fsp3) is 0.357. The normalized spacial score (nSPS) is 15.7. The molecule has 6 heteroatoms. The summed E-state index contributed by atoms with van der Waals surface area (Å²) in [5.41, 5.74) is 0.526. The monoisotopic (exact) mass is 338 g/mol. The Balaban J connectivity index is 2.05. The smallest absolute Gasteiger partial charge is 0.243 e. The molecule has 1 heterocycles. The molecule has 1 saturated heterocycles. The van der Waals surface area contributed by atoms with Crippen molar-refractivity contribution in [3.8, 4) is 0 Å². The van der Waals surface area contributed by atoms with Gasteiger partial charge in [0.05, 0.1) is 13.1 Å². The van der Waals surface area contributed by atoms with Crippen LogP contribution in [-0.4, -0.2) is 53.6 Å². The minimum absolute atomic E-state index is 0.0214. The van der Waals surface area contributed by atoms with Crippen molar-refractivity contribution in [1.82, 2.24) is 9.80 Å². The summed E-state index contributed by atoms with van der Waals surface area (Å²) in [6, 6.07) is 6.99. The molecule has 0 aliphatic carbocycles. The zero-order valence-corrected chi connectivity index (χ0v) is 12.7. The molecule has 1 aromatic carbocycles. The van der Waals surface area contributed by atoms with Gasteiger partial charge in [-0.1, -0.05) is 28.1 Å². The molecule has 0 unspecified atom stereocenters. The van der Waals surface area contributed by atoms with Gasteiger partial charge >= 0.3 is 0 Å². The number of piperazine rings is 1. The predicted octanol–water partition coefficient (Wildman–Crippen LogP) is 1.32. The quantitative estimate of drug-likeness (QED) is 0.778. The summed E-state index contributed by atoms with van der Waals surface area (Å²) in [6.45, 7) is 2.32. The van der Waals surface area contributed by atoms with Gasteiger partial charge in [-0.2, -0.15) is 0 Å². The summed E-state index contributed by atoms with van der Waals surface area (Å²) in [5, 5.41) is 0. The lowest BCUT2D eigenvalue weighted by atomic mass is 10.1. The molecule has 0 N–H and O–H groups in total. The number of benzene rings is 1. The van der Waals surface area contributed by atoms with Gasteiger partial charge in [-0.05, 0) is 19.1 Å².